The van der Waals surface area contributed by atoms with Crippen LogP contribution < -0.4 is 10.2 Å². The van der Waals surface area contributed by atoms with Gasteiger partial charge >= 0.3 is 0 Å². The standard InChI is InChI=1S/C19H29N3O/c23-19(17-7-4-5-8-17)20-11-6-12-21-13-15-22(16-14-21)18-9-2-1-3-10-18/h1-3,9-10,17H,4-8,11-16H2,(H,20,23). The molecule has 1 heterocycles. The molecule has 1 aromatic rings. The van der Waals surface area contributed by atoms with Crippen LogP contribution in [0.25, 0.3) is 0 Å². The van der Waals surface area contributed by atoms with E-state index in [4.69, 9.17) is 0 Å². The summed E-state index contributed by atoms with van der Waals surface area (Å²) in [6.45, 7) is 6.34. The lowest BCUT2D eigenvalue weighted by molar-refractivity contribution is -0.124. The molecule has 0 radical (unpaired) electrons. The van der Waals surface area contributed by atoms with Gasteiger partial charge in [-0.15, -0.1) is 0 Å². The quantitative estimate of drug-likeness (QED) is 0.819. The third-order valence-electron chi connectivity index (χ3n) is 5.17. The van der Waals surface area contributed by atoms with E-state index in [1.54, 1.807) is 0 Å². The van der Waals surface area contributed by atoms with Crippen molar-refractivity contribution in [3.63, 3.8) is 0 Å². The van der Waals surface area contributed by atoms with Crippen LogP contribution in [0.15, 0.2) is 30.3 Å². The molecule has 0 unspecified atom stereocenters. The summed E-state index contributed by atoms with van der Waals surface area (Å²) in [7, 11) is 0. The van der Waals surface area contributed by atoms with Crippen LogP contribution in [-0.2, 0) is 4.79 Å². The van der Waals surface area contributed by atoms with Gasteiger partial charge in [-0.3, -0.25) is 9.69 Å². The van der Waals surface area contributed by atoms with Gasteiger partial charge in [0.15, 0.2) is 0 Å². The first-order valence-corrected chi connectivity index (χ1v) is 9.13. The number of carbonyl (C=O) groups is 1. The second kappa shape index (κ2) is 8.34. The van der Waals surface area contributed by atoms with Gasteiger partial charge in [0.05, 0.1) is 0 Å². The summed E-state index contributed by atoms with van der Waals surface area (Å²) in [6.07, 6.45) is 5.69. The Hall–Kier alpha value is -1.55. The first kappa shape index (κ1) is 16.3. The average molecular weight is 315 g/mol. The highest BCUT2D eigenvalue weighted by Crippen LogP contribution is 2.24. The Morgan fingerprint density at radius 1 is 1.04 bits per heavy atom. The van der Waals surface area contributed by atoms with Gasteiger partial charge < -0.3 is 10.2 Å². The van der Waals surface area contributed by atoms with Crippen molar-refractivity contribution >= 4 is 11.6 Å². The largest absolute Gasteiger partial charge is 0.369 e. The van der Waals surface area contributed by atoms with Gasteiger partial charge in [0.2, 0.25) is 5.91 Å². The Kier molecular flexibility index (Phi) is 5.92. The lowest BCUT2D eigenvalue weighted by Crippen LogP contribution is -2.47. The van der Waals surface area contributed by atoms with Crippen LogP contribution in [0.4, 0.5) is 5.69 Å². The third kappa shape index (κ3) is 4.71. The van der Waals surface area contributed by atoms with Crippen molar-refractivity contribution in [1.82, 2.24) is 10.2 Å². The number of hydrogen-bond acceptors (Lipinski definition) is 3. The van der Waals surface area contributed by atoms with Crippen LogP contribution in [0.3, 0.4) is 0 Å². The maximum absolute atomic E-state index is 12.0. The zero-order valence-corrected chi connectivity index (χ0v) is 14.0. The Morgan fingerprint density at radius 2 is 1.74 bits per heavy atom. The van der Waals surface area contributed by atoms with Crippen LogP contribution in [-0.4, -0.2) is 50.1 Å². The van der Waals surface area contributed by atoms with E-state index in [0.29, 0.717) is 5.92 Å². The summed E-state index contributed by atoms with van der Waals surface area (Å²) < 4.78 is 0. The molecule has 2 aliphatic rings. The van der Waals surface area contributed by atoms with Crippen molar-refractivity contribution in [3.05, 3.63) is 30.3 Å². The van der Waals surface area contributed by atoms with Crippen molar-refractivity contribution in [3.8, 4) is 0 Å². The van der Waals surface area contributed by atoms with E-state index in [2.05, 4.69) is 45.4 Å². The SMILES string of the molecule is O=C(NCCCN1CCN(c2ccccc2)CC1)C1CCCC1. The molecule has 3 rings (SSSR count). The van der Waals surface area contributed by atoms with Gasteiger partial charge in [-0.25, -0.2) is 0 Å². The van der Waals surface area contributed by atoms with Gasteiger partial charge in [0.1, 0.15) is 0 Å². The molecule has 1 amide bonds. The number of benzene rings is 1. The fraction of sp³-hybridized carbons (Fsp3) is 0.632. The second-order valence-corrected chi connectivity index (χ2v) is 6.79. The van der Waals surface area contributed by atoms with Gasteiger partial charge in [-0.2, -0.15) is 0 Å². The lowest BCUT2D eigenvalue weighted by atomic mass is 10.1. The van der Waals surface area contributed by atoms with Gasteiger partial charge in [-0.05, 0) is 37.9 Å². The Bertz CT molecular complexity index is 477. The zero-order chi connectivity index (χ0) is 15.9. The van der Waals surface area contributed by atoms with Crippen LogP contribution in [0.1, 0.15) is 32.1 Å². The molecule has 2 fully saturated rings. The number of rotatable bonds is 6. The number of anilines is 1. The summed E-state index contributed by atoms with van der Waals surface area (Å²) in [5, 5.41) is 3.12. The number of amides is 1. The Morgan fingerprint density at radius 3 is 2.43 bits per heavy atom. The van der Waals surface area contributed by atoms with E-state index in [1.807, 2.05) is 0 Å². The Labute approximate surface area is 139 Å². The van der Waals surface area contributed by atoms with Gasteiger partial charge in [0, 0.05) is 44.3 Å². The fourth-order valence-corrected chi connectivity index (χ4v) is 3.72. The molecule has 1 aromatic carbocycles. The second-order valence-electron chi connectivity index (χ2n) is 6.79. The summed E-state index contributed by atoms with van der Waals surface area (Å²) in [4.78, 5) is 16.9. The predicted molar refractivity (Wildman–Crippen MR) is 94.7 cm³/mol. The minimum atomic E-state index is 0.288. The smallest absolute Gasteiger partial charge is 0.223 e. The molecule has 4 nitrogen and oxygen atoms in total. The molecule has 4 heteroatoms. The first-order chi connectivity index (χ1) is 11.3. The van der Waals surface area contributed by atoms with Crippen LogP contribution >= 0.6 is 0 Å². The summed E-state index contributed by atoms with van der Waals surface area (Å²) in [5.41, 5.74) is 1.33. The highest BCUT2D eigenvalue weighted by atomic mass is 16.1. The number of hydrogen-bond donors (Lipinski definition) is 1. The highest BCUT2D eigenvalue weighted by Gasteiger charge is 2.22. The molecule has 0 atom stereocenters. The molecule has 1 N–H and O–H groups in total. The molecule has 0 spiro atoms. The molecule has 1 aliphatic heterocycles. The number of nitrogens with zero attached hydrogens (tertiary/aromatic N) is 2. The topological polar surface area (TPSA) is 35.6 Å². The summed E-state index contributed by atoms with van der Waals surface area (Å²) in [5.74, 6) is 0.584. The molecule has 0 bridgehead atoms. The molecule has 1 saturated heterocycles. The number of carbonyl (C=O) groups excluding carboxylic acids is 1. The third-order valence-corrected chi connectivity index (χ3v) is 5.17. The van der Waals surface area contributed by atoms with Crippen molar-refractivity contribution in [1.29, 1.82) is 0 Å². The van der Waals surface area contributed by atoms with E-state index >= 15 is 0 Å². The van der Waals surface area contributed by atoms with E-state index in [-0.39, 0.29) is 5.91 Å². The van der Waals surface area contributed by atoms with Crippen molar-refractivity contribution in [2.75, 3.05) is 44.2 Å². The molecule has 126 valence electrons. The lowest BCUT2D eigenvalue weighted by Gasteiger charge is -2.36. The first-order valence-electron chi connectivity index (χ1n) is 9.13. The molecule has 1 aliphatic carbocycles. The summed E-state index contributed by atoms with van der Waals surface area (Å²) in [6, 6.07) is 10.7. The zero-order valence-electron chi connectivity index (χ0n) is 14.0. The van der Waals surface area contributed by atoms with Crippen molar-refractivity contribution < 1.29 is 4.79 Å². The Balaban J connectivity index is 1.29. The number of piperazine rings is 1. The van der Waals surface area contributed by atoms with Gasteiger partial charge in [-0.1, -0.05) is 31.0 Å². The maximum atomic E-state index is 12.0. The van der Waals surface area contributed by atoms with Crippen LogP contribution in [0.2, 0.25) is 0 Å². The normalized spacial score (nSPS) is 19.9. The number of nitrogens with one attached hydrogen (secondary N) is 1. The molecular weight excluding hydrogens is 286 g/mol. The van der Waals surface area contributed by atoms with E-state index in [9.17, 15) is 4.79 Å². The molecule has 0 aromatic heterocycles. The van der Waals surface area contributed by atoms with E-state index in [0.717, 1.165) is 58.5 Å². The molecule has 1 saturated carbocycles. The predicted octanol–water partition coefficient (Wildman–Crippen LogP) is 2.51. The monoisotopic (exact) mass is 315 g/mol. The van der Waals surface area contributed by atoms with Crippen LogP contribution in [0.5, 0.6) is 0 Å². The molecule has 23 heavy (non-hydrogen) atoms. The maximum Gasteiger partial charge on any atom is 0.223 e. The van der Waals surface area contributed by atoms with E-state index < -0.39 is 0 Å². The van der Waals surface area contributed by atoms with Crippen molar-refractivity contribution in [2.24, 2.45) is 5.92 Å². The fourth-order valence-electron chi connectivity index (χ4n) is 3.72. The molecular formula is C19H29N3O. The number of para-hydroxylation sites is 1. The summed E-state index contributed by atoms with van der Waals surface area (Å²) >= 11 is 0. The van der Waals surface area contributed by atoms with E-state index in [1.165, 1.54) is 18.5 Å². The average Bonchev–Trinajstić information content (AvgIpc) is 3.15. The minimum Gasteiger partial charge on any atom is -0.369 e. The van der Waals surface area contributed by atoms with Gasteiger partial charge in [0.25, 0.3) is 0 Å². The van der Waals surface area contributed by atoms with Crippen LogP contribution in [0, 0.1) is 5.92 Å². The highest BCUT2D eigenvalue weighted by molar-refractivity contribution is 5.78. The minimum absolute atomic E-state index is 0.288. The van der Waals surface area contributed by atoms with Crippen molar-refractivity contribution in [2.45, 2.75) is 32.1 Å².